The molecular weight excluding hydrogens is 425 g/mol. The van der Waals surface area contributed by atoms with Gasteiger partial charge in [-0.1, -0.05) is 23.2 Å². The summed E-state index contributed by atoms with van der Waals surface area (Å²) >= 11 is 12.2. The van der Waals surface area contributed by atoms with Crippen LogP contribution in [0.2, 0.25) is 10.2 Å². The first-order valence-electron chi connectivity index (χ1n) is 9.43. The van der Waals surface area contributed by atoms with Crippen molar-refractivity contribution in [3.05, 3.63) is 62.0 Å². The quantitative estimate of drug-likeness (QED) is 0.625. The van der Waals surface area contributed by atoms with Crippen molar-refractivity contribution >= 4 is 39.9 Å². The number of aromatic nitrogens is 2. The second-order valence-corrected chi connectivity index (χ2v) is 8.06. The van der Waals surface area contributed by atoms with E-state index in [1.165, 1.54) is 4.57 Å². The third-order valence-electron chi connectivity index (χ3n) is 5.42. The lowest BCUT2D eigenvalue weighted by atomic mass is 10.1. The van der Waals surface area contributed by atoms with Gasteiger partial charge >= 0.3 is 0 Å². The molecule has 1 N–H and O–H groups in total. The fourth-order valence-electron chi connectivity index (χ4n) is 3.83. The first-order chi connectivity index (χ1) is 14.4. The third kappa shape index (κ3) is 3.70. The second-order valence-electron chi connectivity index (χ2n) is 7.24. The SMILES string of the molecule is Cn1c(=O)c(C#N)c(N2CCN(Cc3cc(Cl)ccc3O)CC2)c2nc(Cl)ccc21. The summed E-state index contributed by atoms with van der Waals surface area (Å²) in [4.78, 5) is 21.4. The minimum absolute atomic E-state index is 0.0701. The van der Waals surface area contributed by atoms with Gasteiger partial charge in [0.05, 0.1) is 11.2 Å². The van der Waals surface area contributed by atoms with Gasteiger partial charge in [-0.15, -0.1) is 0 Å². The van der Waals surface area contributed by atoms with Crippen molar-refractivity contribution in [2.75, 3.05) is 31.1 Å². The molecule has 1 fully saturated rings. The Balaban J connectivity index is 1.64. The Kier molecular flexibility index (Phi) is 5.56. The minimum atomic E-state index is -0.351. The monoisotopic (exact) mass is 443 g/mol. The fraction of sp³-hybridized carbons (Fsp3) is 0.286. The van der Waals surface area contributed by atoms with Gasteiger partial charge in [-0.25, -0.2) is 4.98 Å². The molecule has 1 aliphatic heterocycles. The van der Waals surface area contributed by atoms with Crippen molar-refractivity contribution in [3.63, 3.8) is 0 Å². The number of nitrogens with zero attached hydrogens (tertiary/aromatic N) is 5. The average molecular weight is 444 g/mol. The second kappa shape index (κ2) is 8.15. The van der Waals surface area contributed by atoms with Crippen LogP contribution in [0.3, 0.4) is 0 Å². The molecule has 1 aliphatic rings. The third-order valence-corrected chi connectivity index (χ3v) is 5.86. The van der Waals surface area contributed by atoms with Crippen LogP contribution in [0.4, 0.5) is 5.69 Å². The number of benzene rings is 1. The van der Waals surface area contributed by atoms with E-state index < -0.39 is 0 Å². The molecule has 30 heavy (non-hydrogen) atoms. The van der Waals surface area contributed by atoms with E-state index >= 15 is 0 Å². The van der Waals surface area contributed by atoms with Crippen LogP contribution in [-0.2, 0) is 13.6 Å². The maximum Gasteiger partial charge on any atom is 0.270 e. The highest BCUT2D eigenvalue weighted by molar-refractivity contribution is 6.30. The van der Waals surface area contributed by atoms with E-state index in [0.29, 0.717) is 59.6 Å². The molecule has 0 unspecified atom stereocenters. The molecule has 2 aromatic heterocycles. The van der Waals surface area contributed by atoms with Crippen LogP contribution < -0.4 is 10.5 Å². The number of piperazine rings is 1. The molecule has 9 heteroatoms. The summed E-state index contributed by atoms with van der Waals surface area (Å²) in [6.45, 7) is 3.15. The van der Waals surface area contributed by atoms with Gasteiger partial charge in [0.2, 0.25) is 0 Å². The first kappa shape index (κ1) is 20.5. The number of rotatable bonds is 3. The Morgan fingerprint density at radius 3 is 2.60 bits per heavy atom. The van der Waals surface area contributed by atoms with Crippen LogP contribution in [0.25, 0.3) is 11.0 Å². The zero-order valence-electron chi connectivity index (χ0n) is 16.3. The van der Waals surface area contributed by atoms with E-state index in [9.17, 15) is 15.2 Å². The summed E-state index contributed by atoms with van der Waals surface area (Å²) in [6, 6.07) is 10.4. The predicted octanol–water partition coefficient (Wildman–Crippen LogP) is 3.14. The molecule has 0 aliphatic carbocycles. The van der Waals surface area contributed by atoms with Crippen LogP contribution in [0.15, 0.2) is 35.1 Å². The molecule has 0 spiro atoms. The average Bonchev–Trinajstić information content (AvgIpc) is 2.74. The highest BCUT2D eigenvalue weighted by atomic mass is 35.5. The Labute approximate surface area is 183 Å². The molecule has 4 rings (SSSR count). The number of hydrogen-bond acceptors (Lipinski definition) is 6. The number of hydrogen-bond donors (Lipinski definition) is 1. The number of fused-ring (bicyclic) bond motifs is 1. The van der Waals surface area contributed by atoms with Gasteiger partial charge in [0.15, 0.2) is 0 Å². The molecule has 7 nitrogen and oxygen atoms in total. The van der Waals surface area contributed by atoms with Crippen molar-refractivity contribution in [1.82, 2.24) is 14.5 Å². The molecular formula is C21H19Cl2N5O2. The van der Waals surface area contributed by atoms with E-state index in [4.69, 9.17) is 23.2 Å². The molecule has 0 atom stereocenters. The van der Waals surface area contributed by atoms with Gasteiger partial charge in [0.1, 0.15) is 28.1 Å². The zero-order chi connectivity index (χ0) is 21.4. The molecule has 154 valence electrons. The number of aryl methyl sites for hydroxylation is 1. The van der Waals surface area contributed by atoms with Gasteiger partial charge < -0.3 is 14.6 Å². The van der Waals surface area contributed by atoms with Crippen molar-refractivity contribution in [2.45, 2.75) is 6.54 Å². The van der Waals surface area contributed by atoms with E-state index in [0.717, 1.165) is 5.56 Å². The number of pyridine rings is 2. The van der Waals surface area contributed by atoms with Crippen molar-refractivity contribution in [1.29, 1.82) is 5.26 Å². The molecule has 0 bridgehead atoms. The highest BCUT2D eigenvalue weighted by Crippen LogP contribution is 2.30. The van der Waals surface area contributed by atoms with Crippen LogP contribution in [0.1, 0.15) is 11.1 Å². The maximum atomic E-state index is 12.7. The largest absolute Gasteiger partial charge is 0.508 e. The van der Waals surface area contributed by atoms with E-state index in [1.807, 2.05) is 4.90 Å². The van der Waals surface area contributed by atoms with Gasteiger partial charge in [0, 0.05) is 50.4 Å². The van der Waals surface area contributed by atoms with Crippen LogP contribution in [-0.4, -0.2) is 45.7 Å². The minimum Gasteiger partial charge on any atom is -0.508 e. The number of halogens is 2. The van der Waals surface area contributed by atoms with E-state index in [-0.39, 0.29) is 16.9 Å². The lowest BCUT2D eigenvalue weighted by molar-refractivity contribution is 0.247. The highest BCUT2D eigenvalue weighted by Gasteiger charge is 2.25. The van der Waals surface area contributed by atoms with Crippen LogP contribution in [0, 0.1) is 11.3 Å². The molecule has 0 radical (unpaired) electrons. The number of phenols is 1. The summed E-state index contributed by atoms with van der Waals surface area (Å²) in [5.74, 6) is 0.213. The van der Waals surface area contributed by atoms with Crippen molar-refractivity contribution in [2.24, 2.45) is 7.05 Å². The molecule has 1 aromatic carbocycles. The fourth-order valence-corrected chi connectivity index (χ4v) is 4.17. The molecule has 3 heterocycles. The zero-order valence-corrected chi connectivity index (χ0v) is 17.8. The Hall–Kier alpha value is -2.79. The van der Waals surface area contributed by atoms with Crippen molar-refractivity contribution in [3.8, 4) is 11.8 Å². The summed E-state index contributed by atoms with van der Waals surface area (Å²) in [6.07, 6.45) is 0. The smallest absolute Gasteiger partial charge is 0.270 e. The van der Waals surface area contributed by atoms with Gasteiger partial charge in [-0.2, -0.15) is 5.26 Å². The summed E-state index contributed by atoms with van der Waals surface area (Å²) < 4.78 is 1.43. The molecule has 0 saturated carbocycles. The predicted molar refractivity (Wildman–Crippen MR) is 117 cm³/mol. The van der Waals surface area contributed by atoms with Gasteiger partial charge in [-0.05, 0) is 30.3 Å². The van der Waals surface area contributed by atoms with Gasteiger partial charge in [-0.3, -0.25) is 9.69 Å². The Morgan fingerprint density at radius 1 is 1.17 bits per heavy atom. The molecule has 1 saturated heterocycles. The van der Waals surface area contributed by atoms with Crippen LogP contribution in [0.5, 0.6) is 5.75 Å². The number of nitriles is 1. The standard InChI is InChI=1S/C21H19Cl2N5O2/c1-26-16-3-5-18(23)25-19(16)20(15(11-24)21(26)30)28-8-6-27(7-9-28)12-13-10-14(22)2-4-17(13)29/h2-5,10,29H,6-9,12H2,1H3. The lowest BCUT2D eigenvalue weighted by Crippen LogP contribution is -2.47. The first-order valence-corrected chi connectivity index (χ1v) is 10.2. The lowest BCUT2D eigenvalue weighted by Gasteiger charge is -2.36. The molecule has 3 aromatic rings. The van der Waals surface area contributed by atoms with E-state index in [1.54, 1.807) is 37.4 Å². The number of phenolic OH excluding ortho intramolecular Hbond substituents is 1. The molecule has 0 amide bonds. The maximum absolute atomic E-state index is 12.7. The Morgan fingerprint density at radius 2 is 1.90 bits per heavy atom. The van der Waals surface area contributed by atoms with Crippen LogP contribution >= 0.6 is 23.2 Å². The topological polar surface area (TPSA) is 85.4 Å². The Bertz CT molecular complexity index is 1230. The summed E-state index contributed by atoms with van der Waals surface area (Å²) in [7, 11) is 1.63. The van der Waals surface area contributed by atoms with Crippen molar-refractivity contribution < 1.29 is 5.11 Å². The summed E-state index contributed by atoms with van der Waals surface area (Å²) in [5.41, 5.74) is 2.19. The normalized spacial score (nSPS) is 14.8. The number of anilines is 1. The number of aromatic hydroxyl groups is 1. The van der Waals surface area contributed by atoms with E-state index in [2.05, 4.69) is 16.0 Å². The summed E-state index contributed by atoms with van der Waals surface area (Å²) in [5, 5.41) is 20.6. The van der Waals surface area contributed by atoms with Gasteiger partial charge in [0.25, 0.3) is 5.56 Å².